The number of halogens is 2. The van der Waals surface area contributed by atoms with Crippen molar-refractivity contribution in [2.75, 3.05) is 0 Å². The molecule has 0 bridgehead atoms. The van der Waals surface area contributed by atoms with E-state index in [4.69, 9.17) is 0 Å². The van der Waals surface area contributed by atoms with Crippen LogP contribution in [0.4, 0.5) is 0 Å². The van der Waals surface area contributed by atoms with Gasteiger partial charge >= 0.3 is 101 Å². The van der Waals surface area contributed by atoms with Gasteiger partial charge in [0.1, 0.15) is 0 Å². The van der Waals surface area contributed by atoms with Crippen LogP contribution in [0.15, 0.2) is 42.0 Å². The van der Waals surface area contributed by atoms with Gasteiger partial charge < -0.3 is 0 Å². The molecule has 2 aliphatic rings. The Morgan fingerprint density at radius 1 is 0.941 bits per heavy atom. The first-order chi connectivity index (χ1) is 7.24. The maximum absolute atomic E-state index is 2.54. The Hall–Kier alpha value is 0.293. The fourth-order valence-corrected chi connectivity index (χ4v) is 9.17. The van der Waals surface area contributed by atoms with Crippen LogP contribution in [-0.2, 0) is 21.3 Å². The number of allylic oxidation sites excluding steroid dienone is 8. The standard InChI is InChI=1S/2C6H7.C2H4.2ClH.Zr/c2*1-6-4-2-3-5-6;1-2;;;/h2*2,4H,3H2,1H3;1H,2H3;2*1H;. The molecule has 0 unspecified atom stereocenters. The summed E-state index contributed by atoms with van der Waals surface area (Å²) < 4.78 is 6.12. The molecule has 0 amide bonds. The van der Waals surface area contributed by atoms with E-state index in [-0.39, 0.29) is 24.8 Å². The summed E-state index contributed by atoms with van der Waals surface area (Å²) in [6.45, 7) is 6.83. The van der Waals surface area contributed by atoms with Crippen LogP contribution >= 0.6 is 24.8 Å². The third kappa shape index (κ3) is 3.63. The largest absolute Gasteiger partial charge is 0.147 e. The zero-order valence-corrected chi connectivity index (χ0v) is 14.7. The predicted molar refractivity (Wildman–Crippen MR) is 79.1 cm³/mol. The van der Waals surface area contributed by atoms with E-state index in [0.717, 1.165) is 0 Å². The zero-order chi connectivity index (χ0) is 10.8. The Bertz CT molecular complexity index is 399. The molecular weight excluding hydrogens is 330 g/mol. The van der Waals surface area contributed by atoms with E-state index in [0.29, 0.717) is 0 Å². The molecule has 0 aromatic rings. The van der Waals surface area contributed by atoms with Gasteiger partial charge in [-0.05, 0) is 0 Å². The minimum atomic E-state index is -1.54. The number of hydrogen-bond acceptors (Lipinski definition) is 0. The van der Waals surface area contributed by atoms with Gasteiger partial charge in [-0.15, -0.1) is 24.8 Å². The van der Waals surface area contributed by atoms with E-state index in [1.165, 1.54) is 12.8 Å². The van der Waals surface area contributed by atoms with E-state index >= 15 is 0 Å². The van der Waals surface area contributed by atoms with Crippen LogP contribution in [0, 0.1) is 0 Å². The second-order valence-corrected chi connectivity index (χ2v) is 10.7. The topological polar surface area (TPSA) is 0 Å². The van der Waals surface area contributed by atoms with Crippen molar-refractivity contribution in [2.45, 2.75) is 33.6 Å². The molecule has 0 aromatic heterocycles. The first-order valence-corrected chi connectivity index (χ1v) is 9.51. The molecule has 0 radical (unpaired) electrons. The van der Waals surface area contributed by atoms with Gasteiger partial charge in [-0.1, -0.05) is 0 Å². The van der Waals surface area contributed by atoms with Gasteiger partial charge in [-0.2, -0.15) is 0 Å². The molecule has 0 N–H and O–H groups in total. The Balaban J connectivity index is 0.00000128. The van der Waals surface area contributed by atoms with E-state index in [9.17, 15) is 0 Å². The second-order valence-electron chi connectivity index (χ2n) is 4.24. The molecule has 0 aromatic carbocycles. The van der Waals surface area contributed by atoms with Crippen LogP contribution < -0.4 is 0 Å². The summed E-state index contributed by atoms with van der Waals surface area (Å²) in [7, 11) is 0. The molecular formula is C14H20Cl2Zr. The molecule has 94 valence electrons. The van der Waals surface area contributed by atoms with Crippen molar-refractivity contribution in [3.05, 3.63) is 42.0 Å². The fourth-order valence-electron chi connectivity index (χ4n) is 2.41. The summed E-state index contributed by atoms with van der Waals surface area (Å²) in [5.74, 6) is 0. The van der Waals surface area contributed by atoms with Gasteiger partial charge in [-0.3, -0.25) is 0 Å². The van der Waals surface area contributed by atoms with Crippen molar-refractivity contribution in [3.63, 3.8) is 0 Å². The summed E-state index contributed by atoms with van der Waals surface area (Å²) in [6.07, 6.45) is 11.7. The molecule has 2 rings (SSSR count). The summed E-state index contributed by atoms with van der Waals surface area (Å²) in [5.41, 5.74) is 3.10. The zero-order valence-electron chi connectivity index (χ0n) is 10.6. The minimum absolute atomic E-state index is 0. The number of rotatable bonds is 2. The van der Waals surface area contributed by atoms with E-state index < -0.39 is 21.3 Å². The maximum Gasteiger partial charge on any atom is -0.147 e. The van der Waals surface area contributed by atoms with Gasteiger partial charge in [0.05, 0.1) is 0 Å². The predicted octanol–water partition coefficient (Wildman–Crippen LogP) is 4.74. The average Bonchev–Trinajstić information content (AvgIpc) is 2.80. The van der Waals surface area contributed by atoms with E-state index in [1.807, 2.05) is 0 Å². The van der Waals surface area contributed by atoms with Crippen molar-refractivity contribution in [1.29, 1.82) is 0 Å². The van der Waals surface area contributed by atoms with Gasteiger partial charge in [0.15, 0.2) is 0 Å². The van der Waals surface area contributed by atoms with Crippen molar-refractivity contribution in [2.24, 2.45) is 0 Å². The molecule has 17 heavy (non-hydrogen) atoms. The van der Waals surface area contributed by atoms with Gasteiger partial charge in [0, 0.05) is 0 Å². The molecule has 0 spiro atoms. The Morgan fingerprint density at radius 3 is 1.59 bits per heavy atom. The summed E-state index contributed by atoms with van der Waals surface area (Å²) in [4.78, 5) is 0. The van der Waals surface area contributed by atoms with Crippen molar-refractivity contribution in [3.8, 4) is 0 Å². The summed E-state index contributed by atoms with van der Waals surface area (Å²) >= 11 is -1.54. The van der Waals surface area contributed by atoms with Crippen LogP contribution in [0.1, 0.15) is 33.6 Å². The molecule has 0 saturated carbocycles. The Kier molecular flexibility index (Phi) is 7.80. The van der Waals surface area contributed by atoms with Gasteiger partial charge in [-0.25, -0.2) is 0 Å². The minimum Gasteiger partial charge on any atom is -0.147 e. The van der Waals surface area contributed by atoms with Crippen LogP contribution in [0.25, 0.3) is 0 Å². The molecule has 2 aliphatic carbocycles. The molecule has 3 heteroatoms. The van der Waals surface area contributed by atoms with Crippen molar-refractivity contribution < 1.29 is 21.3 Å². The average molecular weight is 350 g/mol. The summed E-state index contributed by atoms with van der Waals surface area (Å²) in [5, 5.41) is 0. The first kappa shape index (κ1) is 17.3. The van der Waals surface area contributed by atoms with Crippen LogP contribution in [0.5, 0.6) is 0 Å². The van der Waals surface area contributed by atoms with E-state index in [1.54, 1.807) is 17.7 Å². The van der Waals surface area contributed by atoms with Gasteiger partial charge in [0.25, 0.3) is 0 Å². The molecule has 0 fully saturated rings. The Morgan fingerprint density at radius 2 is 1.35 bits per heavy atom. The van der Waals surface area contributed by atoms with Gasteiger partial charge in [0.2, 0.25) is 0 Å². The summed E-state index contributed by atoms with van der Waals surface area (Å²) in [6, 6.07) is 0. The third-order valence-electron chi connectivity index (χ3n) is 3.27. The van der Waals surface area contributed by atoms with Crippen LogP contribution in [0.2, 0.25) is 0 Å². The molecule has 0 nitrogen and oxygen atoms in total. The molecule has 0 heterocycles. The van der Waals surface area contributed by atoms with Crippen LogP contribution in [0.3, 0.4) is 0 Å². The number of hydrogen-bond donors (Lipinski definition) is 0. The van der Waals surface area contributed by atoms with Crippen molar-refractivity contribution >= 4 is 28.5 Å². The smallest absolute Gasteiger partial charge is 0.147 e. The van der Waals surface area contributed by atoms with Crippen LogP contribution in [-0.4, -0.2) is 3.71 Å². The SMILES string of the molecule is C[CH]=[Zr]([C]1=C(C)C=CC1)[C]1=C(C)C=CC1.Cl.Cl. The Labute approximate surface area is 125 Å². The maximum atomic E-state index is 2.54. The quantitative estimate of drug-likeness (QED) is 0.675. The molecule has 0 aliphatic heterocycles. The monoisotopic (exact) mass is 348 g/mol. The normalized spacial score (nSPS) is 17.1. The molecule has 0 saturated heterocycles. The third-order valence-corrected chi connectivity index (χ3v) is 10.8. The first-order valence-electron chi connectivity index (χ1n) is 5.63. The fraction of sp³-hybridized carbons (Fsp3) is 0.357. The van der Waals surface area contributed by atoms with Crippen molar-refractivity contribution in [1.82, 2.24) is 0 Å². The van der Waals surface area contributed by atoms with E-state index in [2.05, 4.69) is 48.8 Å². The second kappa shape index (κ2) is 7.67. The molecule has 0 atom stereocenters.